The summed E-state index contributed by atoms with van der Waals surface area (Å²) < 4.78 is 20.4. The van der Waals surface area contributed by atoms with E-state index in [0.717, 1.165) is 23.3 Å². The number of benzene rings is 4. The van der Waals surface area contributed by atoms with Gasteiger partial charge in [-0.1, -0.05) is 61.0 Å². The number of hydrogen-bond donors (Lipinski definition) is 3. The molecular formula is C30H27FN2O4. The molecule has 0 saturated heterocycles. The van der Waals surface area contributed by atoms with Crippen LogP contribution in [-0.4, -0.2) is 17.1 Å². The number of ether oxygens (including phenoxy) is 1. The van der Waals surface area contributed by atoms with E-state index in [2.05, 4.69) is 10.6 Å². The van der Waals surface area contributed by atoms with Crippen molar-refractivity contribution in [2.75, 3.05) is 10.6 Å². The summed E-state index contributed by atoms with van der Waals surface area (Å²) in [6, 6.07) is 24.9. The van der Waals surface area contributed by atoms with Crippen LogP contribution in [0, 0.1) is 12.7 Å². The lowest BCUT2D eigenvalue weighted by Gasteiger charge is -2.21. The molecule has 0 spiro atoms. The molecule has 4 aromatic carbocycles. The van der Waals surface area contributed by atoms with Gasteiger partial charge < -0.3 is 20.5 Å². The van der Waals surface area contributed by atoms with Gasteiger partial charge in [0.2, 0.25) is 0 Å². The third kappa shape index (κ3) is 6.32. The summed E-state index contributed by atoms with van der Waals surface area (Å²) in [7, 11) is 0. The van der Waals surface area contributed by atoms with Crippen molar-refractivity contribution in [3.05, 3.63) is 114 Å². The maximum atomic E-state index is 14.1. The lowest BCUT2D eigenvalue weighted by molar-refractivity contribution is 0.0697. The number of rotatable bonds is 8. The summed E-state index contributed by atoms with van der Waals surface area (Å²) in [6.45, 7) is 3.95. The molecule has 4 aromatic rings. The average Bonchev–Trinajstić information content (AvgIpc) is 2.89. The topological polar surface area (TPSA) is 87.7 Å². The van der Waals surface area contributed by atoms with Crippen molar-refractivity contribution >= 4 is 23.4 Å². The van der Waals surface area contributed by atoms with Crippen LogP contribution in [0.25, 0.3) is 11.1 Å². The van der Waals surface area contributed by atoms with Gasteiger partial charge in [-0.25, -0.2) is 14.0 Å². The first-order valence-corrected chi connectivity index (χ1v) is 11.9. The van der Waals surface area contributed by atoms with Crippen LogP contribution in [0.2, 0.25) is 0 Å². The zero-order valence-electron chi connectivity index (χ0n) is 20.5. The SMILES string of the molecule is CCC(Oc1ccc(-c2cc(F)ccc2C(=O)O)cc1NC(=O)Nc1ccc(C)cc1)c1ccccc1. The Morgan fingerprint density at radius 1 is 0.919 bits per heavy atom. The molecule has 3 N–H and O–H groups in total. The van der Waals surface area contributed by atoms with E-state index in [-0.39, 0.29) is 17.2 Å². The Labute approximate surface area is 214 Å². The highest BCUT2D eigenvalue weighted by molar-refractivity contribution is 6.02. The van der Waals surface area contributed by atoms with Gasteiger partial charge in [-0.05, 0) is 72.5 Å². The molecule has 0 aliphatic rings. The van der Waals surface area contributed by atoms with E-state index in [1.54, 1.807) is 30.3 Å². The van der Waals surface area contributed by atoms with Crippen LogP contribution < -0.4 is 15.4 Å². The number of carbonyl (C=O) groups excluding carboxylic acids is 1. The summed E-state index contributed by atoms with van der Waals surface area (Å²) in [5, 5.41) is 15.2. The van der Waals surface area contributed by atoms with Gasteiger partial charge in [0.1, 0.15) is 17.7 Å². The molecule has 0 heterocycles. The second kappa shape index (κ2) is 11.4. The number of urea groups is 1. The van der Waals surface area contributed by atoms with Crippen molar-refractivity contribution in [1.29, 1.82) is 0 Å². The first-order chi connectivity index (χ1) is 17.8. The smallest absolute Gasteiger partial charge is 0.336 e. The van der Waals surface area contributed by atoms with Gasteiger partial charge in [0.15, 0.2) is 0 Å². The average molecular weight is 499 g/mol. The van der Waals surface area contributed by atoms with Gasteiger partial charge in [0.05, 0.1) is 11.3 Å². The lowest BCUT2D eigenvalue weighted by Crippen LogP contribution is -2.20. The van der Waals surface area contributed by atoms with Gasteiger partial charge in [-0.2, -0.15) is 0 Å². The monoisotopic (exact) mass is 498 g/mol. The molecule has 0 aliphatic carbocycles. The van der Waals surface area contributed by atoms with Crippen molar-refractivity contribution in [1.82, 2.24) is 0 Å². The Morgan fingerprint density at radius 3 is 2.32 bits per heavy atom. The maximum absolute atomic E-state index is 14.1. The van der Waals surface area contributed by atoms with Crippen LogP contribution in [0.3, 0.4) is 0 Å². The predicted octanol–water partition coefficient (Wildman–Crippen LogP) is 7.67. The standard InChI is InChI=1S/C30H27FN2O4/c1-3-27(20-7-5-4-6-8-20)37-28-16-11-21(25-18-22(31)12-15-24(25)29(34)35)17-26(28)33-30(36)32-23-13-9-19(2)10-14-23/h4-18,27H,3H2,1-2H3,(H,34,35)(H2,32,33,36). The Kier molecular flexibility index (Phi) is 7.83. The number of hydrogen-bond acceptors (Lipinski definition) is 3. The molecule has 6 nitrogen and oxygen atoms in total. The maximum Gasteiger partial charge on any atom is 0.336 e. The van der Waals surface area contributed by atoms with Crippen molar-refractivity contribution in [2.45, 2.75) is 26.4 Å². The second-order valence-electron chi connectivity index (χ2n) is 8.58. The van der Waals surface area contributed by atoms with E-state index in [0.29, 0.717) is 29.1 Å². The molecule has 2 amide bonds. The molecule has 7 heteroatoms. The van der Waals surface area contributed by atoms with Crippen molar-refractivity contribution in [3.8, 4) is 16.9 Å². The van der Waals surface area contributed by atoms with Gasteiger partial charge in [0.25, 0.3) is 0 Å². The Morgan fingerprint density at radius 2 is 1.65 bits per heavy atom. The third-order valence-corrected chi connectivity index (χ3v) is 5.87. The Hall–Kier alpha value is -4.65. The zero-order valence-corrected chi connectivity index (χ0v) is 20.5. The summed E-state index contributed by atoms with van der Waals surface area (Å²) in [6.07, 6.45) is 0.393. The van der Waals surface area contributed by atoms with Crippen molar-refractivity contribution < 1.29 is 23.8 Å². The van der Waals surface area contributed by atoms with E-state index < -0.39 is 17.8 Å². The van der Waals surface area contributed by atoms with Crippen molar-refractivity contribution in [2.24, 2.45) is 0 Å². The van der Waals surface area contributed by atoms with Crippen molar-refractivity contribution in [3.63, 3.8) is 0 Å². The minimum Gasteiger partial charge on any atom is -0.484 e. The molecular weight excluding hydrogens is 471 g/mol. The highest BCUT2D eigenvalue weighted by Crippen LogP contribution is 2.36. The van der Waals surface area contributed by atoms with Gasteiger partial charge in [0, 0.05) is 5.69 Å². The van der Waals surface area contributed by atoms with Crippen LogP contribution in [0.1, 0.15) is 40.9 Å². The summed E-state index contributed by atoms with van der Waals surface area (Å²) in [5.41, 5.74) is 3.51. The molecule has 0 radical (unpaired) electrons. The van der Waals surface area contributed by atoms with Crippen LogP contribution >= 0.6 is 0 Å². The van der Waals surface area contributed by atoms with Crippen LogP contribution in [0.4, 0.5) is 20.6 Å². The van der Waals surface area contributed by atoms with E-state index >= 15 is 0 Å². The molecule has 0 aliphatic heterocycles. The number of anilines is 2. The summed E-state index contributed by atoms with van der Waals surface area (Å²) >= 11 is 0. The number of aryl methyl sites for hydroxylation is 1. The normalized spacial score (nSPS) is 11.4. The van der Waals surface area contributed by atoms with E-state index in [4.69, 9.17) is 4.74 Å². The molecule has 1 unspecified atom stereocenters. The number of amides is 2. The molecule has 188 valence electrons. The fourth-order valence-corrected chi connectivity index (χ4v) is 3.97. The third-order valence-electron chi connectivity index (χ3n) is 5.87. The van der Waals surface area contributed by atoms with Gasteiger partial charge >= 0.3 is 12.0 Å². The molecule has 0 bridgehead atoms. The van der Waals surface area contributed by atoms with Crippen LogP contribution in [0.5, 0.6) is 5.75 Å². The zero-order chi connectivity index (χ0) is 26.4. The number of carbonyl (C=O) groups is 2. The largest absolute Gasteiger partial charge is 0.484 e. The second-order valence-corrected chi connectivity index (χ2v) is 8.58. The fourth-order valence-electron chi connectivity index (χ4n) is 3.97. The number of halogens is 1. The Bertz CT molecular complexity index is 1410. The highest BCUT2D eigenvalue weighted by atomic mass is 19.1. The molecule has 0 aromatic heterocycles. The lowest BCUT2D eigenvalue weighted by atomic mass is 9.98. The minimum atomic E-state index is -1.18. The predicted molar refractivity (Wildman–Crippen MR) is 143 cm³/mol. The number of carboxylic acid groups (broad SMARTS) is 1. The molecule has 0 saturated carbocycles. The number of carboxylic acids is 1. The highest BCUT2D eigenvalue weighted by Gasteiger charge is 2.18. The molecule has 0 fully saturated rings. The molecule has 37 heavy (non-hydrogen) atoms. The molecule has 1 atom stereocenters. The van der Waals surface area contributed by atoms with Crippen LogP contribution in [-0.2, 0) is 0 Å². The van der Waals surface area contributed by atoms with E-state index in [1.807, 2.05) is 56.3 Å². The van der Waals surface area contributed by atoms with Gasteiger partial charge in [-0.15, -0.1) is 0 Å². The number of aromatic carboxylic acids is 1. The molecule has 4 rings (SSSR count). The van der Waals surface area contributed by atoms with Gasteiger partial charge in [-0.3, -0.25) is 0 Å². The summed E-state index contributed by atoms with van der Waals surface area (Å²) in [5.74, 6) is -1.36. The quantitative estimate of drug-likeness (QED) is 0.233. The van der Waals surface area contributed by atoms with E-state index in [1.165, 1.54) is 6.07 Å². The first kappa shape index (κ1) is 25.4. The summed E-state index contributed by atoms with van der Waals surface area (Å²) in [4.78, 5) is 24.7. The van der Waals surface area contributed by atoms with Crippen LogP contribution in [0.15, 0.2) is 91.0 Å². The van der Waals surface area contributed by atoms with E-state index in [9.17, 15) is 19.1 Å². The minimum absolute atomic E-state index is 0.0548. The Balaban J connectivity index is 1.71. The fraction of sp³-hybridized carbons (Fsp3) is 0.133. The number of nitrogens with one attached hydrogen (secondary N) is 2. The first-order valence-electron chi connectivity index (χ1n) is 11.9.